The Kier molecular flexibility index (Phi) is 5.51. The molecule has 0 aliphatic carbocycles. The molecule has 0 aromatic carbocycles. The van der Waals surface area contributed by atoms with E-state index >= 15 is 0 Å². The van der Waals surface area contributed by atoms with Gasteiger partial charge in [0.1, 0.15) is 0 Å². The van der Waals surface area contributed by atoms with Crippen molar-refractivity contribution in [2.45, 2.75) is 32.8 Å². The van der Waals surface area contributed by atoms with Crippen LogP contribution in [0.15, 0.2) is 0 Å². The third-order valence-corrected chi connectivity index (χ3v) is 1.95. The molecule has 0 aliphatic rings. The van der Waals surface area contributed by atoms with Crippen LogP contribution in [-0.4, -0.2) is 36.8 Å². The SMILES string of the molecule is CCCC(C)C(O)CN(C)C. The van der Waals surface area contributed by atoms with E-state index in [1.807, 2.05) is 19.0 Å². The average molecular weight is 159 g/mol. The van der Waals surface area contributed by atoms with Gasteiger partial charge in [-0.1, -0.05) is 20.3 Å². The fraction of sp³-hybridized carbons (Fsp3) is 1.00. The summed E-state index contributed by atoms with van der Waals surface area (Å²) in [6, 6.07) is 0. The molecule has 0 aliphatic heterocycles. The van der Waals surface area contributed by atoms with E-state index in [2.05, 4.69) is 13.8 Å². The first-order valence-corrected chi connectivity index (χ1v) is 4.40. The molecule has 0 aromatic heterocycles. The van der Waals surface area contributed by atoms with E-state index in [0.717, 1.165) is 19.4 Å². The molecule has 68 valence electrons. The number of rotatable bonds is 5. The van der Waals surface area contributed by atoms with Crippen molar-refractivity contribution in [3.63, 3.8) is 0 Å². The lowest BCUT2D eigenvalue weighted by molar-refractivity contribution is 0.0830. The van der Waals surface area contributed by atoms with Crippen LogP contribution < -0.4 is 0 Å². The first-order chi connectivity index (χ1) is 5.07. The molecular formula is C9H21NO. The quantitative estimate of drug-likeness (QED) is 0.654. The lowest BCUT2D eigenvalue weighted by Gasteiger charge is -2.21. The maximum atomic E-state index is 9.58. The Bertz CT molecular complexity index is 93.6. The number of likely N-dealkylation sites (N-methyl/N-ethyl adjacent to an activating group) is 1. The van der Waals surface area contributed by atoms with Crippen LogP contribution in [0.1, 0.15) is 26.7 Å². The smallest absolute Gasteiger partial charge is 0.0692 e. The Balaban J connectivity index is 3.54. The number of aliphatic hydroxyl groups is 1. The molecule has 0 spiro atoms. The zero-order chi connectivity index (χ0) is 8.85. The van der Waals surface area contributed by atoms with Crippen LogP contribution in [0.3, 0.4) is 0 Å². The second-order valence-corrected chi connectivity index (χ2v) is 3.60. The van der Waals surface area contributed by atoms with Crippen LogP contribution in [0.4, 0.5) is 0 Å². The zero-order valence-electron chi connectivity index (χ0n) is 8.17. The van der Waals surface area contributed by atoms with Gasteiger partial charge >= 0.3 is 0 Å². The Morgan fingerprint density at radius 2 is 1.91 bits per heavy atom. The second-order valence-electron chi connectivity index (χ2n) is 3.60. The first kappa shape index (κ1) is 10.9. The van der Waals surface area contributed by atoms with Gasteiger partial charge in [0, 0.05) is 6.54 Å². The molecule has 1 N–H and O–H groups in total. The molecule has 0 radical (unpaired) electrons. The summed E-state index contributed by atoms with van der Waals surface area (Å²) in [5.74, 6) is 0.433. The minimum absolute atomic E-state index is 0.162. The van der Waals surface area contributed by atoms with Gasteiger partial charge in [0.2, 0.25) is 0 Å². The van der Waals surface area contributed by atoms with Gasteiger partial charge in [-0.05, 0) is 26.4 Å². The molecule has 0 rings (SSSR count). The molecule has 0 saturated carbocycles. The Hall–Kier alpha value is -0.0800. The molecule has 0 heterocycles. The van der Waals surface area contributed by atoms with Crippen molar-refractivity contribution in [1.82, 2.24) is 4.90 Å². The summed E-state index contributed by atoms with van der Waals surface area (Å²) in [6.45, 7) is 5.04. The first-order valence-electron chi connectivity index (χ1n) is 4.40. The molecule has 0 amide bonds. The Labute approximate surface area is 70.2 Å². The maximum Gasteiger partial charge on any atom is 0.0692 e. The van der Waals surface area contributed by atoms with Crippen LogP contribution in [-0.2, 0) is 0 Å². The highest BCUT2D eigenvalue weighted by atomic mass is 16.3. The van der Waals surface area contributed by atoms with Gasteiger partial charge in [0.05, 0.1) is 6.10 Å². The summed E-state index contributed by atoms with van der Waals surface area (Å²) in [5, 5.41) is 9.58. The van der Waals surface area contributed by atoms with E-state index in [-0.39, 0.29) is 6.10 Å². The molecule has 0 saturated heterocycles. The van der Waals surface area contributed by atoms with E-state index in [9.17, 15) is 5.11 Å². The lowest BCUT2D eigenvalue weighted by atomic mass is 9.99. The van der Waals surface area contributed by atoms with Gasteiger partial charge in [-0.2, -0.15) is 0 Å². The summed E-state index contributed by atoms with van der Waals surface area (Å²) < 4.78 is 0. The normalized spacial score (nSPS) is 16.9. The van der Waals surface area contributed by atoms with Gasteiger partial charge in [-0.15, -0.1) is 0 Å². The zero-order valence-corrected chi connectivity index (χ0v) is 8.17. The third-order valence-electron chi connectivity index (χ3n) is 1.95. The molecule has 2 heteroatoms. The van der Waals surface area contributed by atoms with Gasteiger partial charge in [-0.3, -0.25) is 0 Å². The molecule has 0 aromatic rings. The van der Waals surface area contributed by atoms with Crippen molar-refractivity contribution in [3.8, 4) is 0 Å². The number of hydrogen-bond acceptors (Lipinski definition) is 2. The van der Waals surface area contributed by atoms with E-state index in [1.165, 1.54) is 0 Å². The minimum atomic E-state index is -0.162. The Morgan fingerprint density at radius 3 is 2.27 bits per heavy atom. The predicted octanol–water partition coefficient (Wildman–Crippen LogP) is 1.35. The Morgan fingerprint density at radius 1 is 1.36 bits per heavy atom. The van der Waals surface area contributed by atoms with E-state index in [0.29, 0.717) is 5.92 Å². The fourth-order valence-corrected chi connectivity index (χ4v) is 1.20. The van der Waals surface area contributed by atoms with Crippen molar-refractivity contribution >= 4 is 0 Å². The highest BCUT2D eigenvalue weighted by molar-refractivity contribution is 4.65. The molecule has 2 nitrogen and oxygen atoms in total. The van der Waals surface area contributed by atoms with E-state index < -0.39 is 0 Å². The van der Waals surface area contributed by atoms with Crippen molar-refractivity contribution in [1.29, 1.82) is 0 Å². The van der Waals surface area contributed by atoms with E-state index in [1.54, 1.807) is 0 Å². The molecule has 2 atom stereocenters. The highest BCUT2D eigenvalue weighted by Crippen LogP contribution is 2.10. The molecule has 11 heavy (non-hydrogen) atoms. The summed E-state index contributed by atoms with van der Waals surface area (Å²) in [6.07, 6.45) is 2.12. The number of nitrogens with zero attached hydrogens (tertiary/aromatic N) is 1. The molecule has 0 fully saturated rings. The van der Waals surface area contributed by atoms with Crippen LogP contribution in [0, 0.1) is 5.92 Å². The lowest BCUT2D eigenvalue weighted by Crippen LogP contribution is -2.30. The van der Waals surface area contributed by atoms with Gasteiger partial charge in [0.15, 0.2) is 0 Å². The summed E-state index contributed by atoms with van der Waals surface area (Å²) in [7, 11) is 3.98. The van der Waals surface area contributed by atoms with Crippen LogP contribution in [0.2, 0.25) is 0 Å². The summed E-state index contributed by atoms with van der Waals surface area (Å²) >= 11 is 0. The second kappa shape index (κ2) is 5.56. The van der Waals surface area contributed by atoms with Gasteiger partial charge in [0.25, 0.3) is 0 Å². The van der Waals surface area contributed by atoms with Crippen molar-refractivity contribution < 1.29 is 5.11 Å². The minimum Gasteiger partial charge on any atom is -0.392 e. The van der Waals surface area contributed by atoms with Crippen molar-refractivity contribution in [3.05, 3.63) is 0 Å². The molecule has 0 bridgehead atoms. The number of hydrogen-bond donors (Lipinski definition) is 1. The third kappa shape index (κ3) is 5.22. The standard InChI is InChI=1S/C9H21NO/c1-5-6-8(2)9(11)7-10(3)4/h8-9,11H,5-7H2,1-4H3. The monoisotopic (exact) mass is 159 g/mol. The van der Waals surface area contributed by atoms with Crippen molar-refractivity contribution in [2.24, 2.45) is 5.92 Å². The number of aliphatic hydroxyl groups excluding tert-OH is 1. The maximum absolute atomic E-state index is 9.58. The van der Waals surface area contributed by atoms with Gasteiger partial charge < -0.3 is 10.0 Å². The van der Waals surface area contributed by atoms with Crippen LogP contribution >= 0.6 is 0 Å². The van der Waals surface area contributed by atoms with Crippen LogP contribution in [0.5, 0.6) is 0 Å². The predicted molar refractivity (Wildman–Crippen MR) is 48.6 cm³/mol. The van der Waals surface area contributed by atoms with E-state index in [4.69, 9.17) is 0 Å². The largest absolute Gasteiger partial charge is 0.392 e. The molecular weight excluding hydrogens is 138 g/mol. The van der Waals surface area contributed by atoms with Crippen molar-refractivity contribution in [2.75, 3.05) is 20.6 Å². The average Bonchev–Trinajstić information content (AvgIpc) is 1.86. The fourth-order valence-electron chi connectivity index (χ4n) is 1.20. The summed E-state index contributed by atoms with van der Waals surface area (Å²) in [5.41, 5.74) is 0. The summed E-state index contributed by atoms with van der Waals surface area (Å²) in [4.78, 5) is 2.02. The van der Waals surface area contributed by atoms with Gasteiger partial charge in [-0.25, -0.2) is 0 Å². The van der Waals surface area contributed by atoms with Crippen LogP contribution in [0.25, 0.3) is 0 Å². The molecule has 2 unspecified atom stereocenters. The topological polar surface area (TPSA) is 23.5 Å². The highest BCUT2D eigenvalue weighted by Gasteiger charge is 2.13.